The van der Waals surface area contributed by atoms with E-state index in [0.717, 1.165) is 10.9 Å². The maximum Gasteiger partial charge on any atom is 0.251 e. The molecule has 32 heavy (non-hydrogen) atoms. The smallest absolute Gasteiger partial charge is 0.251 e. The second kappa shape index (κ2) is 8.53. The highest BCUT2D eigenvalue weighted by Gasteiger charge is 2.47. The van der Waals surface area contributed by atoms with Crippen LogP contribution in [0, 0.1) is 0 Å². The average Bonchev–Trinajstić information content (AvgIpc) is 3.37. The number of nitrogens with one attached hydrogen (secondary N) is 2. The number of nitrogens with zero attached hydrogens (tertiary/aromatic N) is 5. The zero-order chi connectivity index (χ0) is 28.0. The molecule has 3 aromatic rings. The van der Waals surface area contributed by atoms with Crippen molar-refractivity contribution in [2.24, 2.45) is 0 Å². The summed E-state index contributed by atoms with van der Waals surface area (Å²) in [5.41, 5.74) is 0.165. The molecule has 1 aliphatic rings. The highest BCUT2D eigenvalue weighted by molar-refractivity contribution is 5.86. The molecule has 13 nitrogen and oxygen atoms in total. The molecule has 0 aromatic carbocycles. The maximum absolute atomic E-state index is 12.3. The Morgan fingerprint density at radius 2 is 2.03 bits per heavy atom. The fraction of sp³-hybridized carbons (Fsp3) is 0.421. The SMILES string of the molecule is [2H]C([2H])([2H])NC(=O)[C@H]1O[C@@H](n2cnc3c(NC([2H])([2H])[2H])nc(-c4ccc(OC)nc4OC)nc32)[C@H](O)[C@@H]1O. The number of amides is 1. The first-order valence-electron chi connectivity index (χ1n) is 12.2. The number of hydrogen-bond acceptors (Lipinski definition) is 11. The highest BCUT2D eigenvalue weighted by atomic mass is 16.6. The quantitative estimate of drug-likeness (QED) is 0.375. The molecule has 0 radical (unpaired) electrons. The van der Waals surface area contributed by atoms with Crippen molar-refractivity contribution in [2.45, 2.75) is 24.5 Å². The second-order valence-corrected chi connectivity index (χ2v) is 6.67. The molecule has 1 amide bonds. The third kappa shape index (κ3) is 3.45. The van der Waals surface area contributed by atoms with Crippen LogP contribution in [0.25, 0.3) is 22.6 Å². The molecule has 4 atom stereocenters. The molecule has 4 rings (SSSR count). The van der Waals surface area contributed by atoms with Crippen molar-refractivity contribution >= 4 is 22.9 Å². The first-order valence-corrected chi connectivity index (χ1v) is 9.18. The Morgan fingerprint density at radius 3 is 2.75 bits per heavy atom. The molecule has 4 N–H and O–H groups in total. The Kier molecular flexibility index (Phi) is 4.07. The average molecular weight is 451 g/mol. The summed E-state index contributed by atoms with van der Waals surface area (Å²) < 4.78 is 61.5. The van der Waals surface area contributed by atoms with Crippen LogP contribution in [0.2, 0.25) is 0 Å². The van der Waals surface area contributed by atoms with Crippen LogP contribution in [0.3, 0.4) is 0 Å². The van der Waals surface area contributed by atoms with E-state index >= 15 is 0 Å². The van der Waals surface area contributed by atoms with Crippen LogP contribution < -0.4 is 20.1 Å². The molecule has 4 heterocycles. The first kappa shape index (κ1) is 15.3. The van der Waals surface area contributed by atoms with Crippen LogP contribution in [0.15, 0.2) is 18.5 Å². The van der Waals surface area contributed by atoms with Gasteiger partial charge in [0.05, 0.1) is 26.1 Å². The number of fused-ring (bicyclic) bond motifs is 1. The van der Waals surface area contributed by atoms with Gasteiger partial charge in [-0.1, -0.05) is 0 Å². The van der Waals surface area contributed by atoms with Gasteiger partial charge >= 0.3 is 0 Å². The monoisotopic (exact) mass is 451 g/mol. The largest absolute Gasteiger partial charge is 0.481 e. The third-order valence-electron chi connectivity index (χ3n) is 4.91. The summed E-state index contributed by atoms with van der Waals surface area (Å²) in [5, 5.41) is 25.1. The number of anilines is 1. The molecule has 3 aromatic heterocycles. The highest BCUT2D eigenvalue weighted by Crippen LogP contribution is 2.35. The lowest BCUT2D eigenvalue weighted by atomic mass is 10.1. The normalized spacial score (nSPS) is 26.2. The van der Waals surface area contributed by atoms with Gasteiger partial charge in [0, 0.05) is 28.2 Å². The van der Waals surface area contributed by atoms with Crippen molar-refractivity contribution in [1.82, 2.24) is 29.8 Å². The van der Waals surface area contributed by atoms with E-state index in [1.54, 1.807) is 5.32 Å². The lowest BCUT2D eigenvalue weighted by molar-refractivity contribution is -0.137. The molecule has 0 spiro atoms. The van der Waals surface area contributed by atoms with Crippen LogP contribution in [-0.4, -0.2) is 87.1 Å². The van der Waals surface area contributed by atoms with E-state index in [0.29, 0.717) is 0 Å². The van der Waals surface area contributed by atoms with Gasteiger partial charge in [0.1, 0.15) is 12.2 Å². The lowest BCUT2D eigenvalue weighted by Crippen LogP contribution is -2.41. The topological polar surface area (TPSA) is 166 Å². The number of aromatic nitrogens is 5. The number of likely N-dealkylation sites (N-methyl/N-ethyl adjacent to an activating group) is 1. The standard InChI is InChI=1S/C19H23N7O6/c1-20-15-10-16(25-14(24-15)8-5-6-9(30-3)23-18(8)31-4)26(7-22-10)19-12(28)11(27)13(32-19)17(29)21-2/h5-7,11-13,19,27-28H,1-4H3,(H,21,29)(H,20,24,25)/t11-,12+,13-,19+/m0/s1/i1D3,2D3. The van der Waals surface area contributed by atoms with Crippen LogP contribution in [0.4, 0.5) is 5.82 Å². The molecule has 1 aliphatic heterocycles. The van der Waals surface area contributed by atoms with Gasteiger partial charge in [-0.15, -0.1) is 0 Å². The van der Waals surface area contributed by atoms with Crippen molar-refractivity contribution < 1.29 is 37.4 Å². The summed E-state index contributed by atoms with van der Waals surface area (Å²) in [6, 6.07) is 3.04. The van der Waals surface area contributed by atoms with Gasteiger partial charge in [0.25, 0.3) is 5.91 Å². The van der Waals surface area contributed by atoms with Gasteiger partial charge in [0.15, 0.2) is 35.1 Å². The van der Waals surface area contributed by atoms with Gasteiger partial charge in [-0.05, 0) is 6.07 Å². The Hall–Kier alpha value is -3.55. The van der Waals surface area contributed by atoms with E-state index in [2.05, 4.69) is 25.3 Å². The first-order chi connectivity index (χ1) is 17.7. The molecule has 1 fully saturated rings. The summed E-state index contributed by atoms with van der Waals surface area (Å²) >= 11 is 0. The molecule has 0 aliphatic carbocycles. The van der Waals surface area contributed by atoms with Crippen molar-refractivity contribution in [3.8, 4) is 23.1 Å². The van der Waals surface area contributed by atoms with E-state index in [1.807, 2.05) is 0 Å². The number of aliphatic hydroxyl groups excluding tert-OH is 2. The van der Waals surface area contributed by atoms with E-state index in [1.165, 1.54) is 26.4 Å². The van der Waals surface area contributed by atoms with Crippen molar-refractivity contribution in [2.75, 3.05) is 33.5 Å². The number of carbonyl (C=O) groups excluding carboxylic acids is 1. The number of carbonyl (C=O) groups is 1. The van der Waals surface area contributed by atoms with Gasteiger partial charge in [-0.3, -0.25) is 9.36 Å². The van der Waals surface area contributed by atoms with Crippen molar-refractivity contribution in [3.05, 3.63) is 18.5 Å². The Balaban J connectivity index is 1.83. The minimum absolute atomic E-state index is 0.0361. The zero-order valence-corrected chi connectivity index (χ0v) is 16.8. The predicted molar refractivity (Wildman–Crippen MR) is 111 cm³/mol. The number of rotatable bonds is 6. The number of pyridine rings is 1. The van der Waals surface area contributed by atoms with Crippen LogP contribution >= 0.6 is 0 Å². The maximum atomic E-state index is 12.3. The Labute approximate surface area is 190 Å². The van der Waals surface area contributed by atoms with Crippen molar-refractivity contribution in [3.63, 3.8) is 0 Å². The number of imidazole rings is 1. The molecular weight excluding hydrogens is 422 g/mol. The summed E-state index contributed by atoms with van der Waals surface area (Å²) in [6.45, 7) is -5.53. The van der Waals surface area contributed by atoms with Gasteiger partial charge in [-0.25, -0.2) is 15.0 Å². The number of hydrogen-bond donors (Lipinski definition) is 4. The molecule has 0 saturated carbocycles. The minimum Gasteiger partial charge on any atom is -0.481 e. The summed E-state index contributed by atoms with van der Waals surface area (Å²) in [7, 11) is 2.76. The fourth-order valence-electron chi connectivity index (χ4n) is 3.35. The summed E-state index contributed by atoms with van der Waals surface area (Å²) in [5.74, 6) is -1.13. The zero-order valence-electron chi connectivity index (χ0n) is 22.8. The van der Waals surface area contributed by atoms with Crippen LogP contribution in [-0.2, 0) is 9.53 Å². The number of ether oxygens (including phenoxy) is 3. The third-order valence-corrected chi connectivity index (χ3v) is 4.91. The molecule has 13 heteroatoms. The Morgan fingerprint density at radius 1 is 1.19 bits per heavy atom. The fourth-order valence-corrected chi connectivity index (χ4v) is 3.35. The predicted octanol–water partition coefficient (Wildman–Crippen LogP) is -0.688. The summed E-state index contributed by atoms with van der Waals surface area (Å²) in [6.07, 6.45) is -5.56. The molecule has 0 bridgehead atoms. The Bertz CT molecular complexity index is 1350. The molecule has 1 saturated heterocycles. The van der Waals surface area contributed by atoms with Gasteiger partial charge in [-0.2, -0.15) is 4.98 Å². The van der Waals surface area contributed by atoms with Gasteiger partial charge in [0.2, 0.25) is 11.8 Å². The summed E-state index contributed by atoms with van der Waals surface area (Å²) in [4.78, 5) is 29.4. The van der Waals surface area contributed by atoms with Gasteiger partial charge < -0.3 is 35.1 Å². The second-order valence-electron chi connectivity index (χ2n) is 6.67. The van der Waals surface area contributed by atoms with E-state index in [9.17, 15) is 15.0 Å². The molecule has 0 unspecified atom stereocenters. The van der Waals surface area contributed by atoms with E-state index in [4.69, 9.17) is 22.4 Å². The van der Waals surface area contributed by atoms with E-state index < -0.39 is 44.4 Å². The van der Waals surface area contributed by atoms with Crippen molar-refractivity contribution in [1.29, 1.82) is 0 Å². The van der Waals surface area contributed by atoms with E-state index in [-0.39, 0.29) is 40.1 Å². The van der Waals surface area contributed by atoms with Crippen LogP contribution in [0.1, 0.15) is 14.5 Å². The lowest BCUT2D eigenvalue weighted by Gasteiger charge is -2.17. The molecular formula is C19H23N7O6. The van der Waals surface area contributed by atoms with Crippen LogP contribution in [0.5, 0.6) is 11.8 Å². The number of aliphatic hydroxyl groups is 2. The minimum atomic E-state index is -2.85. The molecule has 170 valence electrons. The number of methoxy groups -OCH3 is 2.